The zero-order valence-electron chi connectivity index (χ0n) is 7.25. The van der Waals surface area contributed by atoms with Crippen molar-refractivity contribution in [2.45, 2.75) is 20.0 Å². The van der Waals surface area contributed by atoms with Crippen LogP contribution in [0, 0.1) is 0 Å². The summed E-state index contributed by atoms with van der Waals surface area (Å²) in [5.41, 5.74) is 1.83. The fourth-order valence-electron chi connectivity index (χ4n) is 0.980. The summed E-state index contributed by atoms with van der Waals surface area (Å²) >= 11 is 0. The topological polar surface area (TPSA) is 45.2 Å². The molecule has 0 saturated carbocycles. The molecule has 1 aromatic heterocycles. The summed E-state index contributed by atoms with van der Waals surface area (Å²) < 4.78 is 0. The molecule has 0 aromatic carbocycles. The average Bonchev–Trinajstić information content (AvgIpc) is 2.15. The summed E-state index contributed by atoms with van der Waals surface area (Å²) in [5, 5.41) is 12.1. The van der Waals surface area contributed by atoms with Gasteiger partial charge in [-0.25, -0.2) is 0 Å². The van der Waals surface area contributed by atoms with Gasteiger partial charge in [0, 0.05) is 18.3 Å². The van der Waals surface area contributed by atoms with Crippen LogP contribution in [0.3, 0.4) is 0 Å². The summed E-state index contributed by atoms with van der Waals surface area (Å²) in [6.45, 7) is 3.08. The highest BCUT2D eigenvalue weighted by Crippen LogP contribution is 2.12. The molecule has 3 heteroatoms. The third-order valence-corrected chi connectivity index (χ3v) is 1.65. The van der Waals surface area contributed by atoms with Gasteiger partial charge >= 0.3 is 0 Å². The largest absolute Gasteiger partial charge is 0.392 e. The molecule has 12 heavy (non-hydrogen) atoms. The van der Waals surface area contributed by atoms with Gasteiger partial charge in [-0.15, -0.1) is 0 Å². The Kier molecular flexibility index (Phi) is 3.54. The molecule has 0 bridgehead atoms. The van der Waals surface area contributed by atoms with Crippen molar-refractivity contribution in [2.75, 3.05) is 11.9 Å². The summed E-state index contributed by atoms with van der Waals surface area (Å²) in [4.78, 5) is 3.97. The number of hydrogen-bond donors (Lipinski definition) is 2. The second-order valence-electron chi connectivity index (χ2n) is 2.62. The van der Waals surface area contributed by atoms with E-state index >= 15 is 0 Å². The second kappa shape index (κ2) is 4.72. The fourth-order valence-corrected chi connectivity index (χ4v) is 0.980. The minimum atomic E-state index is 0.0641. The predicted molar refractivity (Wildman–Crippen MR) is 48.9 cm³/mol. The number of rotatable bonds is 4. The van der Waals surface area contributed by atoms with Gasteiger partial charge in [0.05, 0.1) is 18.5 Å². The van der Waals surface area contributed by atoms with Crippen molar-refractivity contribution in [1.82, 2.24) is 4.98 Å². The molecule has 3 nitrogen and oxygen atoms in total. The molecule has 0 unspecified atom stereocenters. The van der Waals surface area contributed by atoms with E-state index in [-0.39, 0.29) is 6.61 Å². The summed E-state index contributed by atoms with van der Waals surface area (Å²) in [7, 11) is 0. The fraction of sp³-hybridized carbons (Fsp3) is 0.444. The molecule has 1 aromatic rings. The van der Waals surface area contributed by atoms with E-state index in [0.29, 0.717) is 0 Å². The first-order chi connectivity index (χ1) is 5.88. The van der Waals surface area contributed by atoms with Crippen molar-refractivity contribution in [2.24, 2.45) is 0 Å². The molecular weight excluding hydrogens is 152 g/mol. The van der Waals surface area contributed by atoms with E-state index in [1.807, 2.05) is 6.07 Å². The lowest BCUT2D eigenvalue weighted by Crippen LogP contribution is -2.03. The molecule has 0 spiro atoms. The molecule has 0 aliphatic carbocycles. The smallest absolute Gasteiger partial charge is 0.0703 e. The third-order valence-electron chi connectivity index (χ3n) is 1.65. The number of pyridine rings is 1. The Balaban J connectivity index is 2.68. The Bertz CT molecular complexity index is 238. The highest BCUT2D eigenvalue weighted by Gasteiger charge is 1.98. The maximum Gasteiger partial charge on any atom is 0.0703 e. The highest BCUT2D eigenvalue weighted by molar-refractivity contribution is 5.48. The second-order valence-corrected chi connectivity index (χ2v) is 2.62. The Morgan fingerprint density at radius 2 is 2.42 bits per heavy atom. The Morgan fingerprint density at radius 3 is 3.08 bits per heavy atom. The Morgan fingerprint density at radius 1 is 1.58 bits per heavy atom. The van der Waals surface area contributed by atoms with E-state index in [0.717, 1.165) is 24.2 Å². The van der Waals surface area contributed by atoms with Gasteiger partial charge in [0.15, 0.2) is 0 Å². The Labute approximate surface area is 72.5 Å². The number of aliphatic hydroxyl groups is 1. The lowest BCUT2D eigenvalue weighted by molar-refractivity contribution is 0.282. The normalized spacial score (nSPS) is 9.83. The zero-order valence-corrected chi connectivity index (χ0v) is 7.25. The van der Waals surface area contributed by atoms with E-state index in [2.05, 4.69) is 17.2 Å². The molecule has 1 heterocycles. The molecule has 2 N–H and O–H groups in total. The number of hydrogen-bond acceptors (Lipinski definition) is 3. The van der Waals surface area contributed by atoms with E-state index in [1.165, 1.54) is 0 Å². The van der Waals surface area contributed by atoms with Crippen LogP contribution in [0.1, 0.15) is 18.9 Å². The van der Waals surface area contributed by atoms with Crippen molar-refractivity contribution in [3.05, 3.63) is 24.0 Å². The van der Waals surface area contributed by atoms with E-state index in [9.17, 15) is 0 Å². The van der Waals surface area contributed by atoms with Gasteiger partial charge in [0.1, 0.15) is 0 Å². The molecule has 0 aliphatic heterocycles. The van der Waals surface area contributed by atoms with Crippen molar-refractivity contribution in [3.63, 3.8) is 0 Å². The summed E-state index contributed by atoms with van der Waals surface area (Å²) in [6.07, 6.45) is 4.49. The molecule has 1 rings (SSSR count). The van der Waals surface area contributed by atoms with Crippen molar-refractivity contribution < 1.29 is 5.11 Å². The van der Waals surface area contributed by atoms with E-state index in [4.69, 9.17) is 5.11 Å². The quantitative estimate of drug-likeness (QED) is 0.710. The standard InChI is InChI=1S/C9H14N2O/c1-2-4-11-9-6-10-5-3-8(9)7-12/h3,5-6,11-12H,2,4,7H2,1H3. The summed E-state index contributed by atoms with van der Waals surface area (Å²) in [5.74, 6) is 0. The van der Waals surface area contributed by atoms with Gasteiger partial charge in [-0.2, -0.15) is 0 Å². The molecular formula is C9H14N2O. The van der Waals surface area contributed by atoms with Crippen LogP contribution in [0.15, 0.2) is 18.5 Å². The van der Waals surface area contributed by atoms with Crippen LogP contribution >= 0.6 is 0 Å². The van der Waals surface area contributed by atoms with Gasteiger partial charge < -0.3 is 10.4 Å². The van der Waals surface area contributed by atoms with Crippen LogP contribution in [0.25, 0.3) is 0 Å². The van der Waals surface area contributed by atoms with Crippen LogP contribution in [0.4, 0.5) is 5.69 Å². The first-order valence-corrected chi connectivity index (χ1v) is 4.16. The van der Waals surface area contributed by atoms with Gasteiger partial charge in [-0.1, -0.05) is 6.92 Å². The minimum Gasteiger partial charge on any atom is -0.392 e. The highest BCUT2D eigenvalue weighted by atomic mass is 16.3. The molecule has 0 atom stereocenters. The van der Waals surface area contributed by atoms with Crippen LogP contribution in [0.5, 0.6) is 0 Å². The molecule has 0 amide bonds. The minimum absolute atomic E-state index is 0.0641. The first-order valence-electron chi connectivity index (χ1n) is 4.16. The average molecular weight is 166 g/mol. The van der Waals surface area contributed by atoms with Gasteiger partial charge in [0.25, 0.3) is 0 Å². The molecule has 0 aliphatic rings. The number of aromatic nitrogens is 1. The Hall–Kier alpha value is -1.09. The number of anilines is 1. The summed E-state index contributed by atoms with van der Waals surface area (Å²) in [6, 6.07) is 1.82. The van der Waals surface area contributed by atoms with Crippen molar-refractivity contribution >= 4 is 5.69 Å². The van der Waals surface area contributed by atoms with Gasteiger partial charge in [-0.3, -0.25) is 4.98 Å². The molecule has 66 valence electrons. The molecule has 0 saturated heterocycles. The van der Waals surface area contributed by atoms with Crippen molar-refractivity contribution in [3.8, 4) is 0 Å². The lowest BCUT2D eigenvalue weighted by Gasteiger charge is -2.07. The maximum absolute atomic E-state index is 8.95. The van der Waals surface area contributed by atoms with Crippen LogP contribution in [0.2, 0.25) is 0 Å². The number of aliphatic hydroxyl groups excluding tert-OH is 1. The predicted octanol–water partition coefficient (Wildman–Crippen LogP) is 1.40. The van der Waals surface area contributed by atoms with Gasteiger partial charge in [-0.05, 0) is 12.5 Å². The van der Waals surface area contributed by atoms with Crippen molar-refractivity contribution in [1.29, 1.82) is 0 Å². The van der Waals surface area contributed by atoms with Gasteiger partial charge in [0.2, 0.25) is 0 Å². The van der Waals surface area contributed by atoms with Crippen LogP contribution in [-0.2, 0) is 6.61 Å². The monoisotopic (exact) mass is 166 g/mol. The molecule has 0 radical (unpaired) electrons. The van der Waals surface area contributed by atoms with Crippen LogP contribution in [-0.4, -0.2) is 16.6 Å². The number of nitrogens with zero attached hydrogens (tertiary/aromatic N) is 1. The van der Waals surface area contributed by atoms with Crippen LogP contribution < -0.4 is 5.32 Å². The number of nitrogens with one attached hydrogen (secondary N) is 1. The first kappa shape index (κ1) is 9.00. The molecule has 0 fully saturated rings. The maximum atomic E-state index is 8.95. The van der Waals surface area contributed by atoms with E-state index in [1.54, 1.807) is 12.4 Å². The SMILES string of the molecule is CCCNc1cnccc1CO. The lowest BCUT2D eigenvalue weighted by atomic mass is 10.2. The van der Waals surface area contributed by atoms with E-state index < -0.39 is 0 Å². The zero-order chi connectivity index (χ0) is 8.81. The third kappa shape index (κ3) is 2.20.